The lowest BCUT2D eigenvalue weighted by molar-refractivity contribution is -0.136. The highest BCUT2D eigenvalue weighted by Crippen LogP contribution is 2.20. The number of aryl methyl sites for hydroxylation is 1. The van der Waals surface area contributed by atoms with Crippen LogP contribution in [-0.2, 0) is 9.59 Å². The van der Waals surface area contributed by atoms with Gasteiger partial charge in [-0.1, -0.05) is 17.7 Å². The normalized spacial score (nSPS) is 10.4. The van der Waals surface area contributed by atoms with Crippen molar-refractivity contribution in [2.24, 2.45) is 0 Å². The Morgan fingerprint density at radius 1 is 1.15 bits per heavy atom. The first kappa shape index (κ1) is 20.6. The van der Waals surface area contributed by atoms with Crippen LogP contribution in [0.25, 0.3) is 0 Å². The Morgan fingerprint density at radius 2 is 1.89 bits per heavy atom. The van der Waals surface area contributed by atoms with Gasteiger partial charge in [0.1, 0.15) is 5.75 Å². The minimum atomic E-state index is -1.07. The van der Waals surface area contributed by atoms with Gasteiger partial charge in [-0.25, -0.2) is 8.78 Å². The molecule has 0 aromatic heterocycles. The van der Waals surface area contributed by atoms with Gasteiger partial charge in [0, 0.05) is 23.3 Å². The minimum Gasteiger partial charge on any atom is -0.484 e. The zero-order valence-corrected chi connectivity index (χ0v) is 15.6. The van der Waals surface area contributed by atoms with E-state index in [9.17, 15) is 18.4 Å². The van der Waals surface area contributed by atoms with Crippen LogP contribution in [0.4, 0.5) is 14.5 Å². The summed E-state index contributed by atoms with van der Waals surface area (Å²) in [6.45, 7) is 3.24. The Labute approximate surface area is 160 Å². The lowest BCUT2D eigenvalue weighted by Crippen LogP contribution is -2.40. The molecule has 5 nitrogen and oxygen atoms in total. The second-order valence-electron chi connectivity index (χ2n) is 5.78. The van der Waals surface area contributed by atoms with Gasteiger partial charge < -0.3 is 15.0 Å². The summed E-state index contributed by atoms with van der Waals surface area (Å²) in [7, 11) is 0. The Bertz CT molecular complexity index is 846. The molecule has 0 spiro atoms. The topological polar surface area (TPSA) is 58.6 Å². The molecule has 2 rings (SSSR count). The van der Waals surface area contributed by atoms with Gasteiger partial charge >= 0.3 is 0 Å². The standard InChI is InChI=1S/C19H19ClF2N2O3/c1-3-24(10-18(25)23-17-8-13(20)5-4-12(17)2)19(26)11-27-14-6-7-15(21)16(22)9-14/h4-9H,3,10-11H2,1-2H3,(H,23,25). The highest BCUT2D eigenvalue weighted by Gasteiger charge is 2.17. The number of halogens is 3. The average molecular weight is 397 g/mol. The van der Waals surface area contributed by atoms with Crippen LogP contribution in [0.15, 0.2) is 36.4 Å². The van der Waals surface area contributed by atoms with Gasteiger partial charge in [-0.15, -0.1) is 0 Å². The van der Waals surface area contributed by atoms with Crippen LogP contribution in [0.1, 0.15) is 12.5 Å². The van der Waals surface area contributed by atoms with Crippen LogP contribution in [0.2, 0.25) is 5.02 Å². The summed E-state index contributed by atoms with van der Waals surface area (Å²) in [6.07, 6.45) is 0. The van der Waals surface area contributed by atoms with Crippen molar-refractivity contribution in [2.45, 2.75) is 13.8 Å². The van der Waals surface area contributed by atoms with Crippen LogP contribution < -0.4 is 10.1 Å². The Balaban J connectivity index is 1.92. The number of amides is 2. The maximum atomic E-state index is 13.2. The molecule has 0 saturated carbocycles. The lowest BCUT2D eigenvalue weighted by atomic mass is 10.2. The molecule has 0 aliphatic rings. The fraction of sp³-hybridized carbons (Fsp3) is 0.263. The highest BCUT2D eigenvalue weighted by atomic mass is 35.5. The van der Waals surface area contributed by atoms with Crippen molar-refractivity contribution >= 4 is 29.1 Å². The average Bonchev–Trinajstić information content (AvgIpc) is 2.63. The zero-order valence-electron chi connectivity index (χ0n) is 14.9. The van der Waals surface area contributed by atoms with Gasteiger partial charge in [-0.3, -0.25) is 9.59 Å². The van der Waals surface area contributed by atoms with Gasteiger partial charge in [-0.05, 0) is 43.7 Å². The summed E-state index contributed by atoms with van der Waals surface area (Å²) >= 11 is 5.92. The number of hydrogen-bond acceptors (Lipinski definition) is 3. The van der Waals surface area contributed by atoms with Crippen LogP contribution in [-0.4, -0.2) is 36.4 Å². The molecule has 0 bridgehead atoms. The largest absolute Gasteiger partial charge is 0.484 e. The van der Waals surface area contributed by atoms with E-state index in [0.29, 0.717) is 10.7 Å². The van der Waals surface area contributed by atoms with Crippen molar-refractivity contribution < 1.29 is 23.1 Å². The van der Waals surface area contributed by atoms with Gasteiger partial charge in [0.2, 0.25) is 5.91 Å². The number of benzene rings is 2. The summed E-state index contributed by atoms with van der Waals surface area (Å²) in [6, 6.07) is 8.09. The van der Waals surface area contributed by atoms with Gasteiger partial charge in [-0.2, -0.15) is 0 Å². The lowest BCUT2D eigenvalue weighted by Gasteiger charge is -2.21. The SMILES string of the molecule is CCN(CC(=O)Nc1cc(Cl)ccc1C)C(=O)COc1ccc(F)c(F)c1. The molecular weight excluding hydrogens is 378 g/mol. The Hall–Kier alpha value is -2.67. The Kier molecular flexibility index (Phi) is 7.12. The van der Waals surface area contributed by atoms with Crippen LogP contribution in [0.3, 0.4) is 0 Å². The molecule has 2 aromatic rings. The monoisotopic (exact) mass is 396 g/mol. The molecule has 1 N–H and O–H groups in total. The number of rotatable bonds is 7. The third-order valence-corrected chi connectivity index (χ3v) is 4.03. The number of carbonyl (C=O) groups excluding carboxylic acids is 2. The molecule has 0 fully saturated rings. The van der Waals surface area contributed by atoms with Crippen LogP contribution in [0, 0.1) is 18.6 Å². The van der Waals surface area contributed by atoms with E-state index in [2.05, 4.69) is 5.32 Å². The van der Waals surface area contributed by atoms with Crippen LogP contribution >= 0.6 is 11.6 Å². The van der Waals surface area contributed by atoms with Crippen LogP contribution in [0.5, 0.6) is 5.75 Å². The van der Waals surface area contributed by atoms with Gasteiger partial charge in [0.25, 0.3) is 5.91 Å². The first-order valence-corrected chi connectivity index (χ1v) is 8.59. The van der Waals surface area contributed by atoms with Crippen molar-refractivity contribution in [1.29, 1.82) is 0 Å². The first-order valence-electron chi connectivity index (χ1n) is 8.21. The molecule has 0 unspecified atom stereocenters. The molecular formula is C19H19ClF2N2O3. The van der Waals surface area contributed by atoms with E-state index in [1.54, 1.807) is 25.1 Å². The summed E-state index contributed by atoms with van der Waals surface area (Å²) in [4.78, 5) is 25.8. The third kappa shape index (κ3) is 5.92. The van der Waals surface area contributed by atoms with E-state index in [1.165, 1.54) is 11.0 Å². The Morgan fingerprint density at radius 3 is 2.56 bits per heavy atom. The molecule has 0 aliphatic carbocycles. The number of carbonyl (C=O) groups is 2. The fourth-order valence-electron chi connectivity index (χ4n) is 2.27. The summed E-state index contributed by atoms with van der Waals surface area (Å²) in [5.74, 6) is -2.89. The third-order valence-electron chi connectivity index (χ3n) is 3.80. The maximum Gasteiger partial charge on any atom is 0.260 e. The molecule has 0 radical (unpaired) electrons. The minimum absolute atomic E-state index is 0.0253. The summed E-state index contributed by atoms with van der Waals surface area (Å²) < 4.78 is 31.2. The van der Waals surface area contributed by atoms with Gasteiger partial charge in [0.05, 0.1) is 6.54 Å². The van der Waals surface area contributed by atoms with Crippen molar-refractivity contribution in [3.8, 4) is 5.75 Å². The van der Waals surface area contributed by atoms with E-state index in [0.717, 1.165) is 17.7 Å². The molecule has 0 aliphatic heterocycles. The predicted octanol–water partition coefficient (Wildman–Crippen LogP) is 3.79. The van der Waals surface area contributed by atoms with E-state index < -0.39 is 24.1 Å². The highest BCUT2D eigenvalue weighted by molar-refractivity contribution is 6.31. The molecule has 0 heterocycles. The van der Waals surface area contributed by atoms with E-state index >= 15 is 0 Å². The van der Waals surface area contributed by atoms with Crippen molar-refractivity contribution in [2.75, 3.05) is 25.0 Å². The number of likely N-dealkylation sites (N-methyl/N-ethyl adjacent to an activating group) is 1. The number of anilines is 1. The number of nitrogens with one attached hydrogen (secondary N) is 1. The molecule has 0 saturated heterocycles. The maximum absolute atomic E-state index is 13.2. The molecule has 2 amide bonds. The van der Waals surface area contributed by atoms with Gasteiger partial charge in [0.15, 0.2) is 18.2 Å². The first-order chi connectivity index (χ1) is 12.8. The van der Waals surface area contributed by atoms with Crippen molar-refractivity contribution in [3.63, 3.8) is 0 Å². The summed E-state index contributed by atoms with van der Waals surface area (Å²) in [5, 5.41) is 3.19. The second-order valence-corrected chi connectivity index (χ2v) is 6.22. The molecule has 0 atom stereocenters. The predicted molar refractivity (Wildman–Crippen MR) is 98.9 cm³/mol. The smallest absolute Gasteiger partial charge is 0.260 e. The number of hydrogen-bond donors (Lipinski definition) is 1. The second kappa shape index (κ2) is 9.32. The zero-order chi connectivity index (χ0) is 20.0. The molecule has 2 aromatic carbocycles. The quantitative estimate of drug-likeness (QED) is 0.774. The van der Waals surface area contributed by atoms with E-state index in [1.807, 2.05) is 6.92 Å². The fourth-order valence-corrected chi connectivity index (χ4v) is 2.44. The molecule has 144 valence electrons. The number of ether oxygens (including phenoxy) is 1. The molecule has 27 heavy (non-hydrogen) atoms. The number of nitrogens with zero attached hydrogens (tertiary/aromatic N) is 1. The van der Waals surface area contributed by atoms with Crippen molar-refractivity contribution in [1.82, 2.24) is 4.90 Å². The van der Waals surface area contributed by atoms with E-state index in [-0.39, 0.29) is 24.7 Å². The van der Waals surface area contributed by atoms with Crippen molar-refractivity contribution in [3.05, 3.63) is 58.6 Å². The van der Waals surface area contributed by atoms with E-state index in [4.69, 9.17) is 16.3 Å². The summed E-state index contributed by atoms with van der Waals surface area (Å²) in [5.41, 5.74) is 1.40. The molecule has 8 heteroatoms.